The van der Waals surface area contributed by atoms with E-state index in [2.05, 4.69) is 307 Å². The SMILES string of the molecule is c1ccc(N(c2ccc(-c3ccc4c(c3)C(c3ccccc3)(c3ccccc3)c3cc5ccccc5cc3-4)cc2)c2cc(-c3ccc4c(c3)c3ccccc3n4-c3ccccc3)cc(-c3cccc4oc5ccccc5c34)c2)cc1. The van der Waals surface area contributed by atoms with Gasteiger partial charge in [-0.15, -0.1) is 0 Å². The Morgan fingerprint density at radius 1 is 0.300 bits per heavy atom. The molecule has 0 amide bonds. The fourth-order valence-corrected chi connectivity index (χ4v) is 13.3. The van der Waals surface area contributed by atoms with Crippen LogP contribution in [0.5, 0.6) is 0 Å². The minimum absolute atomic E-state index is 0.531. The fraction of sp³-hybridized carbons (Fsp3) is 0.0130. The molecule has 13 aromatic carbocycles. The molecule has 0 N–H and O–H groups in total. The zero-order valence-corrected chi connectivity index (χ0v) is 43.7. The van der Waals surface area contributed by atoms with Gasteiger partial charge in [0.2, 0.25) is 0 Å². The first kappa shape index (κ1) is 45.7. The molecule has 1 aliphatic carbocycles. The van der Waals surface area contributed by atoms with Crippen molar-refractivity contribution < 1.29 is 4.42 Å². The molecule has 2 aromatic heterocycles. The molecule has 1 aliphatic rings. The number of hydrogen-bond acceptors (Lipinski definition) is 2. The first-order valence-electron chi connectivity index (χ1n) is 27.6. The Labute approximate surface area is 464 Å². The summed E-state index contributed by atoms with van der Waals surface area (Å²) in [5.74, 6) is 0. The molecule has 0 aliphatic heterocycles. The summed E-state index contributed by atoms with van der Waals surface area (Å²) in [6, 6.07) is 111. The Morgan fingerprint density at radius 3 is 1.62 bits per heavy atom. The minimum atomic E-state index is -0.531. The molecule has 0 radical (unpaired) electrons. The van der Waals surface area contributed by atoms with Crippen molar-refractivity contribution in [3.8, 4) is 50.2 Å². The van der Waals surface area contributed by atoms with Crippen LogP contribution in [0.15, 0.2) is 308 Å². The lowest BCUT2D eigenvalue weighted by Crippen LogP contribution is -2.28. The van der Waals surface area contributed by atoms with E-state index in [-0.39, 0.29) is 0 Å². The number of hydrogen-bond donors (Lipinski definition) is 0. The molecule has 3 nitrogen and oxygen atoms in total. The van der Waals surface area contributed by atoms with Crippen LogP contribution in [0.25, 0.3) is 105 Å². The van der Waals surface area contributed by atoms with Crippen LogP contribution in [-0.4, -0.2) is 4.57 Å². The third-order valence-corrected chi connectivity index (χ3v) is 16.8. The van der Waals surface area contributed by atoms with E-state index in [1.54, 1.807) is 0 Å². The normalized spacial score (nSPS) is 12.6. The zero-order chi connectivity index (χ0) is 52.7. The van der Waals surface area contributed by atoms with Crippen molar-refractivity contribution in [1.82, 2.24) is 4.57 Å². The van der Waals surface area contributed by atoms with Crippen molar-refractivity contribution in [2.45, 2.75) is 5.41 Å². The lowest BCUT2D eigenvalue weighted by atomic mass is 9.67. The van der Waals surface area contributed by atoms with Gasteiger partial charge in [-0.2, -0.15) is 0 Å². The number of benzene rings is 13. The third-order valence-electron chi connectivity index (χ3n) is 16.8. The summed E-state index contributed by atoms with van der Waals surface area (Å²) in [5, 5.41) is 7.13. The maximum absolute atomic E-state index is 6.52. The fourth-order valence-electron chi connectivity index (χ4n) is 13.3. The van der Waals surface area contributed by atoms with E-state index in [1.807, 2.05) is 6.07 Å². The highest BCUT2D eigenvalue weighted by molar-refractivity contribution is 6.14. The zero-order valence-electron chi connectivity index (χ0n) is 43.7. The van der Waals surface area contributed by atoms with E-state index in [1.165, 1.54) is 71.5 Å². The van der Waals surface area contributed by atoms with E-state index < -0.39 is 5.41 Å². The number of furan rings is 1. The second kappa shape index (κ2) is 18.3. The lowest BCUT2D eigenvalue weighted by molar-refractivity contribution is 0.669. The summed E-state index contributed by atoms with van der Waals surface area (Å²) in [7, 11) is 0. The molecule has 15 aromatic rings. The van der Waals surface area contributed by atoms with Gasteiger partial charge in [0.15, 0.2) is 0 Å². The average molecular weight is 1020 g/mol. The Morgan fingerprint density at radius 2 is 0.863 bits per heavy atom. The third kappa shape index (κ3) is 7.14. The molecule has 3 heteroatoms. The highest BCUT2D eigenvalue weighted by Crippen LogP contribution is 2.58. The van der Waals surface area contributed by atoms with E-state index >= 15 is 0 Å². The summed E-state index contributed by atoms with van der Waals surface area (Å²) in [4.78, 5) is 2.41. The van der Waals surface area contributed by atoms with Gasteiger partial charge in [0, 0.05) is 44.3 Å². The first-order valence-corrected chi connectivity index (χ1v) is 27.6. The molecule has 0 saturated carbocycles. The van der Waals surface area contributed by atoms with Gasteiger partial charge in [0.1, 0.15) is 11.2 Å². The number of nitrogens with zero attached hydrogens (tertiary/aromatic N) is 2. The summed E-state index contributed by atoms with van der Waals surface area (Å²) >= 11 is 0. The number of para-hydroxylation sites is 4. The molecule has 374 valence electrons. The monoisotopic (exact) mass is 1020 g/mol. The summed E-state index contributed by atoms with van der Waals surface area (Å²) in [6.07, 6.45) is 0. The quantitative estimate of drug-likeness (QED) is 0.144. The predicted molar refractivity (Wildman–Crippen MR) is 334 cm³/mol. The Bertz CT molecular complexity index is 4820. The number of fused-ring (bicyclic) bond motifs is 10. The van der Waals surface area contributed by atoms with Crippen molar-refractivity contribution in [3.05, 3.63) is 326 Å². The lowest BCUT2D eigenvalue weighted by Gasteiger charge is -2.34. The average Bonchev–Trinajstić information content (AvgIpc) is 4.37. The van der Waals surface area contributed by atoms with Crippen LogP contribution in [0.2, 0.25) is 0 Å². The van der Waals surface area contributed by atoms with Crippen molar-refractivity contribution in [2.24, 2.45) is 0 Å². The van der Waals surface area contributed by atoms with Crippen LogP contribution < -0.4 is 4.90 Å². The largest absolute Gasteiger partial charge is 0.456 e. The van der Waals surface area contributed by atoms with Gasteiger partial charge in [-0.05, 0) is 181 Å². The van der Waals surface area contributed by atoms with E-state index in [9.17, 15) is 0 Å². The maximum Gasteiger partial charge on any atom is 0.136 e. The molecular formula is C77H50N2O. The molecule has 80 heavy (non-hydrogen) atoms. The van der Waals surface area contributed by atoms with Crippen molar-refractivity contribution in [3.63, 3.8) is 0 Å². The molecule has 0 saturated heterocycles. The van der Waals surface area contributed by atoms with Crippen LogP contribution in [0.3, 0.4) is 0 Å². The molecule has 0 spiro atoms. The molecule has 0 bridgehead atoms. The van der Waals surface area contributed by atoms with E-state index in [0.29, 0.717) is 0 Å². The Hall–Kier alpha value is -10.5. The minimum Gasteiger partial charge on any atom is -0.456 e. The van der Waals surface area contributed by atoms with Gasteiger partial charge in [-0.3, -0.25) is 0 Å². The Kier molecular flexibility index (Phi) is 10.5. The predicted octanol–water partition coefficient (Wildman–Crippen LogP) is 20.7. The van der Waals surface area contributed by atoms with Crippen molar-refractivity contribution >= 4 is 71.6 Å². The number of aromatic nitrogens is 1. The van der Waals surface area contributed by atoms with Crippen LogP contribution in [0.1, 0.15) is 22.3 Å². The van der Waals surface area contributed by atoms with Gasteiger partial charge < -0.3 is 13.9 Å². The van der Waals surface area contributed by atoms with Gasteiger partial charge in [0.05, 0.1) is 16.4 Å². The van der Waals surface area contributed by atoms with Gasteiger partial charge in [-0.25, -0.2) is 0 Å². The van der Waals surface area contributed by atoms with E-state index in [4.69, 9.17) is 4.42 Å². The Balaban J connectivity index is 0.873. The topological polar surface area (TPSA) is 21.3 Å². The van der Waals surface area contributed by atoms with Gasteiger partial charge >= 0.3 is 0 Å². The highest BCUT2D eigenvalue weighted by Gasteiger charge is 2.46. The molecular weight excluding hydrogens is 969 g/mol. The maximum atomic E-state index is 6.52. The second-order valence-corrected chi connectivity index (χ2v) is 21.2. The van der Waals surface area contributed by atoms with Crippen molar-refractivity contribution in [2.75, 3.05) is 4.90 Å². The number of anilines is 3. The number of rotatable bonds is 9. The van der Waals surface area contributed by atoms with Crippen LogP contribution in [-0.2, 0) is 5.41 Å². The first-order chi connectivity index (χ1) is 39.7. The smallest absolute Gasteiger partial charge is 0.136 e. The molecule has 0 unspecified atom stereocenters. The molecule has 16 rings (SSSR count). The highest BCUT2D eigenvalue weighted by atomic mass is 16.3. The standard InChI is InChI=1S/C77H50N2O/c1-5-22-58(23-6-1)77(59-24-7-2-8-25-59)70-50-55(38-42-65(70)68-47-52-20-13-14-21-53(52)49-71(68)77)51-36-40-62(41-37-51)78(60-26-9-3-10-27-60)63-45-56(44-57(46-63)64-32-19-35-75-76(64)67-31-16-18-34-74(67)80-75)54-39-43-73-69(48-54)66-30-15-17-33-72(66)79(73)61-28-11-4-12-29-61/h1-50H. The van der Waals surface area contributed by atoms with Crippen LogP contribution >= 0.6 is 0 Å². The van der Waals surface area contributed by atoms with E-state index in [0.717, 1.165) is 72.5 Å². The summed E-state index contributed by atoms with van der Waals surface area (Å²) in [5.41, 5.74) is 22.3. The second-order valence-electron chi connectivity index (χ2n) is 21.2. The summed E-state index contributed by atoms with van der Waals surface area (Å²) in [6.45, 7) is 0. The van der Waals surface area contributed by atoms with Crippen molar-refractivity contribution in [1.29, 1.82) is 0 Å². The van der Waals surface area contributed by atoms with Crippen LogP contribution in [0, 0.1) is 0 Å². The van der Waals surface area contributed by atoms with Gasteiger partial charge in [0.25, 0.3) is 0 Å². The molecule has 0 atom stereocenters. The molecule has 2 heterocycles. The summed E-state index contributed by atoms with van der Waals surface area (Å²) < 4.78 is 8.91. The van der Waals surface area contributed by atoms with Crippen LogP contribution in [0.4, 0.5) is 17.1 Å². The molecule has 0 fully saturated rings. The van der Waals surface area contributed by atoms with Gasteiger partial charge in [-0.1, -0.05) is 200 Å².